The molecule has 0 unspecified atom stereocenters. The summed E-state index contributed by atoms with van der Waals surface area (Å²) in [4.78, 5) is 20.1. The highest BCUT2D eigenvalue weighted by Gasteiger charge is 2.19. The summed E-state index contributed by atoms with van der Waals surface area (Å²) in [7, 11) is 1.43. The summed E-state index contributed by atoms with van der Waals surface area (Å²) >= 11 is 0. The quantitative estimate of drug-likeness (QED) is 0.729. The summed E-state index contributed by atoms with van der Waals surface area (Å²) in [6.07, 6.45) is 5.25. The fourth-order valence-electron chi connectivity index (χ4n) is 3.36. The fourth-order valence-corrected chi connectivity index (χ4v) is 3.36. The van der Waals surface area contributed by atoms with E-state index >= 15 is 0 Å². The lowest BCUT2D eigenvalue weighted by atomic mass is 9.98. The number of H-pyrrole nitrogens is 1. The van der Waals surface area contributed by atoms with E-state index < -0.39 is 11.9 Å². The number of benzene rings is 1. The minimum Gasteiger partial charge on any atom is -0.494 e. The van der Waals surface area contributed by atoms with Gasteiger partial charge in [-0.05, 0) is 35.8 Å². The van der Waals surface area contributed by atoms with Gasteiger partial charge in [-0.3, -0.25) is 0 Å². The molecule has 6 nitrogen and oxygen atoms in total. The molecule has 27 heavy (non-hydrogen) atoms. The van der Waals surface area contributed by atoms with Crippen LogP contribution in [0.25, 0.3) is 27.7 Å². The van der Waals surface area contributed by atoms with Crippen LogP contribution in [-0.4, -0.2) is 46.3 Å². The molecule has 2 aromatic heterocycles. The summed E-state index contributed by atoms with van der Waals surface area (Å²) in [6, 6.07) is 6.79. The summed E-state index contributed by atoms with van der Waals surface area (Å²) in [6.45, 7) is 0.832. The molecule has 1 aromatic carbocycles. The molecule has 0 bridgehead atoms. The van der Waals surface area contributed by atoms with E-state index in [1.165, 1.54) is 18.1 Å². The predicted octanol–water partition coefficient (Wildman–Crippen LogP) is 4.14. The molecule has 138 valence electrons. The van der Waals surface area contributed by atoms with E-state index in [2.05, 4.69) is 9.97 Å². The van der Waals surface area contributed by atoms with Crippen LogP contribution < -0.4 is 4.74 Å². The molecular formula is C20H18FN3O3. The average molecular weight is 367 g/mol. The van der Waals surface area contributed by atoms with Gasteiger partial charge in [-0.2, -0.15) is 0 Å². The van der Waals surface area contributed by atoms with Gasteiger partial charge < -0.3 is 19.7 Å². The zero-order valence-electron chi connectivity index (χ0n) is 14.7. The minimum absolute atomic E-state index is 0.200. The van der Waals surface area contributed by atoms with Gasteiger partial charge in [0.2, 0.25) is 0 Å². The molecule has 3 heterocycles. The van der Waals surface area contributed by atoms with Crippen LogP contribution in [0.1, 0.15) is 12.0 Å². The van der Waals surface area contributed by atoms with Gasteiger partial charge >= 0.3 is 6.09 Å². The van der Waals surface area contributed by atoms with Crippen molar-refractivity contribution in [3.05, 3.63) is 54.1 Å². The molecular weight excluding hydrogens is 349 g/mol. The molecule has 0 saturated heterocycles. The Morgan fingerprint density at radius 1 is 1.33 bits per heavy atom. The van der Waals surface area contributed by atoms with Gasteiger partial charge in [0.15, 0.2) is 11.6 Å². The van der Waals surface area contributed by atoms with Crippen molar-refractivity contribution in [1.82, 2.24) is 14.9 Å². The molecule has 2 N–H and O–H groups in total. The number of nitrogens with one attached hydrogen (secondary N) is 1. The number of ether oxygens (including phenoxy) is 1. The SMILES string of the molecule is COc1ccc(-c2cnc3[nH]cc(C4=CCN(C(=O)O)CC4)c3c2)cc1F. The van der Waals surface area contributed by atoms with Crippen molar-refractivity contribution in [2.24, 2.45) is 0 Å². The molecule has 0 spiro atoms. The number of aromatic nitrogens is 2. The Bertz CT molecular complexity index is 1060. The predicted molar refractivity (Wildman–Crippen MR) is 100 cm³/mol. The number of methoxy groups -OCH3 is 1. The maximum atomic E-state index is 14.0. The third-order valence-corrected chi connectivity index (χ3v) is 4.84. The lowest BCUT2D eigenvalue weighted by molar-refractivity contribution is 0.150. The van der Waals surface area contributed by atoms with E-state index in [9.17, 15) is 9.18 Å². The third-order valence-electron chi connectivity index (χ3n) is 4.84. The first-order chi connectivity index (χ1) is 13.1. The number of halogens is 1. The Balaban J connectivity index is 1.72. The van der Waals surface area contributed by atoms with E-state index in [1.54, 1.807) is 18.3 Å². The van der Waals surface area contributed by atoms with Crippen LogP contribution in [0, 0.1) is 5.82 Å². The Morgan fingerprint density at radius 2 is 2.19 bits per heavy atom. The molecule has 1 aliphatic heterocycles. The van der Waals surface area contributed by atoms with Gasteiger partial charge in [0, 0.05) is 42.0 Å². The maximum Gasteiger partial charge on any atom is 0.407 e. The van der Waals surface area contributed by atoms with E-state index in [1.807, 2.05) is 18.3 Å². The molecule has 0 saturated carbocycles. The Labute approximate surface area is 154 Å². The molecule has 3 aromatic rings. The topological polar surface area (TPSA) is 78.5 Å². The maximum absolute atomic E-state index is 14.0. The van der Waals surface area contributed by atoms with Crippen molar-refractivity contribution >= 4 is 22.7 Å². The first-order valence-electron chi connectivity index (χ1n) is 8.55. The van der Waals surface area contributed by atoms with Gasteiger partial charge in [0.05, 0.1) is 7.11 Å². The number of aromatic amines is 1. The first-order valence-corrected chi connectivity index (χ1v) is 8.55. The molecule has 1 amide bonds. The third kappa shape index (κ3) is 3.12. The summed E-state index contributed by atoms with van der Waals surface area (Å²) < 4.78 is 19.0. The highest BCUT2D eigenvalue weighted by molar-refractivity contribution is 5.93. The number of rotatable bonds is 3. The lowest BCUT2D eigenvalue weighted by Gasteiger charge is -2.23. The van der Waals surface area contributed by atoms with Gasteiger partial charge in [0.1, 0.15) is 5.65 Å². The van der Waals surface area contributed by atoms with Crippen LogP contribution in [-0.2, 0) is 0 Å². The van der Waals surface area contributed by atoms with Crippen LogP contribution in [0.4, 0.5) is 9.18 Å². The minimum atomic E-state index is -0.908. The average Bonchev–Trinajstić information content (AvgIpc) is 3.11. The van der Waals surface area contributed by atoms with Crippen LogP contribution in [0.2, 0.25) is 0 Å². The number of hydrogen-bond acceptors (Lipinski definition) is 3. The normalized spacial score (nSPS) is 14.3. The molecule has 0 aliphatic carbocycles. The fraction of sp³-hybridized carbons (Fsp3) is 0.200. The zero-order chi connectivity index (χ0) is 19.0. The van der Waals surface area contributed by atoms with Crippen molar-refractivity contribution in [3.63, 3.8) is 0 Å². The Morgan fingerprint density at radius 3 is 2.85 bits per heavy atom. The molecule has 0 atom stereocenters. The first kappa shape index (κ1) is 17.1. The van der Waals surface area contributed by atoms with Crippen LogP contribution >= 0.6 is 0 Å². The van der Waals surface area contributed by atoms with Gasteiger partial charge in [-0.25, -0.2) is 14.2 Å². The van der Waals surface area contributed by atoms with E-state index in [0.717, 1.165) is 27.7 Å². The summed E-state index contributed by atoms with van der Waals surface area (Å²) in [5, 5.41) is 10.0. The summed E-state index contributed by atoms with van der Waals surface area (Å²) in [5.74, 6) is -0.224. The van der Waals surface area contributed by atoms with Crippen LogP contribution in [0.5, 0.6) is 5.75 Å². The number of carbonyl (C=O) groups is 1. The van der Waals surface area contributed by atoms with Crippen LogP contribution in [0.3, 0.4) is 0 Å². The second-order valence-corrected chi connectivity index (χ2v) is 6.38. The molecule has 7 heteroatoms. The van der Waals surface area contributed by atoms with Crippen molar-refractivity contribution in [3.8, 4) is 16.9 Å². The number of carboxylic acid groups (broad SMARTS) is 1. The number of hydrogen-bond donors (Lipinski definition) is 2. The van der Waals surface area contributed by atoms with Crippen molar-refractivity contribution < 1.29 is 19.0 Å². The highest BCUT2D eigenvalue weighted by atomic mass is 19.1. The molecule has 0 radical (unpaired) electrons. The van der Waals surface area contributed by atoms with E-state index in [-0.39, 0.29) is 5.75 Å². The Kier molecular flexibility index (Phi) is 4.27. The largest absolute Gasteiger partial charge is 0.494 e. The smallest absolute Gasteiger partial charge is 0.407 e. The number of pyridine rings is 1. The van der Waals surface area contributed by atoms with E-state index in [0.29, 0.717) is 25.1 Å². The summed E-state index contributed by atoms with van der Waals surface area (Å²) in [5.41, 5.74) is 4.33. The van der Waals surface area contributed by atoms with Gasteiger partial charge in [0.25, 0.3) is 0 Å². The molecule has 4 rings (SSSR count). The number of fused-ring (bicyclic) bond motifs is 1. The van der Waals surface area contributed by atoms with Crippen molar-refractivity contribution in [2.75, 3.05) is 20.2 Å². The van der Waals surface area contributed by atoms with Crippen LogP contribution in [0.15, 0.2) is 42.7 Å². The zero-order valence-corrected chi connectivity index (χ0v) is 14.7. The van der Waals surface area contributed by atoms with Crippen molar-refractivity contribution in [2.45, 2.75) is 6.42 Å². The number of amides is 1. The Hall–Kier alpha value is -3.35. The van der Waals surface area contributed by atoms with Gasteiger partial charge in [-0.1, -0.05) is 12.1 Å². The second kappa shape index (κ2) is 6.75. The monoisotopic (exact) mass is 367 g/mol. The lowest BCUT2D eigenvalue weighted by Crippen LogP contribution is -2.33. The molecule has 0 fully saturated rings. The second-order valence-electron chi connectivity index (χ2n) is 6.38. The number of nitrogens with zero attached hydrogens (tertiary/aromatic N) is 2. The van der Waals surface area contributed by atoms with Crippen molar-refractivity contribution in [1.29, 1.82) is 0 Å². The highest BCUT2D eigenvalue weighted by Crippen LogP contribution is 2.32. The van der Waals surface area contributed by atoms with E-state index in [4.69, 9.17) is 9.84 Å². The standard InChI is InChI=1S/C20H18FN3O3/c1-27-18-3-2-13(9-17(18)21)14-8-15-16(11-23-19(15)22-10-14)12-4-6-24(7-5-12)20(25)26/h2-4,8-11H,5-7H2,1H3,(H,22,23)(H,25,26). The van der Waals surface area contributed by atoms with Gasteiger partial charge in [-0.15, -0.1) is 0 Å². The molecule has 1 aliphatic rings.